The molecule has 5 nitrogen and oxygen atoms in total. The molecule has 1 aromatic carbocycles. The first-order chi connectivity index (χ1) is 11.4. The maximum absolute atomic E-state index is 12.0. The summed E-state index contributed by atoms with van der Waals surface area (Å²) < 4.78 is 5.02. The molecule has 1 atom stereocenters. The second kappa shape index (κ2) is 9.31. The van der Waals surface area contributed by atoms with Crippen molar-refractivity contribution in [1.82, 2.24) is 5.32 Å². The van der Waals surface area contributed by atoms with Crippen molar-refractivity contribution in [3.63, 3.8) is 0 Å². The summed E-state index contributed by atoms with van der Waals surface area (Å²) in [6.45, 7) is 9.38. The molecule has 24 heavy (non-hydrogen) atoms. The summed E-state index contributed by atoms with van der Waals surface area (Å²) >= 11 is 0. The van der Waals surface area contributed by atoms with Crippen molar-refractivity contribution in [2.45, 2.75) is 32.8 Å². The maximum atomic E-state index is 12.0. The molecule has 0 bridgehead atoms. The van der Waals surface area contributed by atoms with Gasteiger partial charge in [-0.05, 0) is 30.0 Å². The molecule has 0 heterocycles. The van der Waals surface area contributed by atoms with E-state index < -0.39 is 18.0 Å². The Morgan fingerprint density at radius 2 is 1.92 bits per heavy atom. The molecule has 0 aromatic heterocycles. The molecule has 1 aromatic rings. The van der Waals surface area contributed by atoms with E-state index in [1.807, 2.05) is 30.3 Å². The van der Waals surface area contributed by atoms with Gasteiger partial charge in [0.2, 0.25) is 0 Å². The predicted octanol–water partition coefficient (Wildman–Crippen LogP) is 2.95. The molecule has 5 heteroatoms. The molecule has 0 aliphatic heterocycles. The molecule has 0 unspecified atom stereocenters. The molecule has 1 N–H and O–H groups in total. The lowest BCUT2D eigenvalue weighted by atomic mass is 10.0. The zero-order chi connectivity index (χ0) is 18.1. The van der Waals surface area contributed by atoms with Crippen LogP contribution in [-0.2, 0) is 14.3 Å². The third-order valence-electron chi connectivity index (χ3n) is 3.33. The first kappa shape index (κ1) is 19.2. The first-order valence-electron chi connectivity index (χ1n) is 7.70. The number of nitrogens with one attached hydrogen (secondary N) is 1. The van der Waals surface area contributed by atoms with Crippen LogP contribution in [0, 0.1) is 11.3 Å². The maximum Gasteiger partial charge on any atom is 0.349 e. The quantitative estimate of drug-likeness (QED) is 0.361. The number of benzene rings is 1. The molecule has 0 aliphatic carbocycles. The SMILES string of the molecule is C=CCNC(=O)[C@H](C)OC(=O)/C(C#N)=C/c1ccc(C(C)C)cc1. The Hall–Kier alpha value is -2.87. The third-order valence-corrected chi connectivity index (χ3v) is 3.33. The molecule has 0 saturated carbocycles. The van der Waals surface area contributed by atoms with E-state index in [0.29, 0.717) is 5.92 Å². The van der Waals surface area contributed by atoms with Gasteiger partial charge in [0, 0.05) is 6.54 Å². The summed E-state index contributed by atoms with van der Waals surface area (Å²) in [5.41, 5.74) is 1.73. The van der Waals surface area contributed by atoms with Gasteiger partial charge in [-0.2, -0.15) is 5.26 Å². The minimum atomic E-state index is -0.988. The molecule has 1 rings (SSSR count). The Balaban J connectivity index is 2.80. The van der Waals surface area contributed by atoms with E-state index in [0.717, 1.165) is 5.56 Å². The van der Waals surface area contributed by atoms with Crippen LogP contribution in [0.2, 0.25) is 0 Å². The van der Waals surface area contributed by atoms with Crippen LogP contribution >= 0.6 is 0 Å². The van der Waals surface area contributed by atoms with E-state index in [1.54, 1.807) is 0 Å². The number of nitriles is 1. The Kier molecular flexibility index (Phi) is 7.44. The minimum absolute atomic E-state index is 0.157. The summed E-state index contributed by atoms with van der Waals surface area (Å²) in [4.78, 5) is 23.7. The van der Waals surface area contributed by atoms with Crippen molar-refractivity contribution in [2.24, 2.45) is 0 Å². The molecule has 1 amide bonds. The number of hydrogen-bond donors (Lipinski definition) is 1. The summed E-state index contributed by atoms with van der Waals surface area (Å²) in [7, 11) is 0. The van der Waals surface area contributed by atoms with Gasteiger partial charge in [0.15, 0.2) is 6.10 Å². The van der Waals surface area contributed by atoms with Crippen molar-refractivity contribution in [3.05, 3.63) is 53.6 Å². The highest BCUT2D eigenvalue weighted by Crippen LogP contribution is 2.16. The lowest BCUT2D eigenvalue weighted by Gasteiger charge is -2.12. The van der Waals surface area contributed by atoms with Crippen LogP contribution in [0.4, 0.5) is 0 Å². The highest BCUT2D eigenvalue weighted by atomic mass is 16.5. The van der Waals surface area contributed by atoms with Gasteiger partial charge in [0.25, 0.3) is 5.91 Å². The Morgan fingerprint density at radius 3 is 2.42 bits per heavy atom. The molecular formula is C19H22N2O3. The smallest absolute Gasteiger partial charge is 0.349 e. The fourth-order valence-electron chi connectivity index (χ4n) is 1.87. The molecule has 0 spiro atoms. The van der Waals surface area contributed by atoms with Gasteiger partial charge in [0.1, 0.15) is 11.6 Å². The zero-order valence-corrected chi connectivity index (χ0v) is 14.2. The Bertz CT molecular complexity index is 667. The molecule has 0 fully saturated rings. The monoisotopic (exact) mass is 326 g/mol. The Morgan fingerprint density at radius 1 is 1.29 bits per heavy atom. The second-order valence-corrected chi connectivity index (χ2v) is 5.57. The third kappa shape index (κ3) is 5.73. The van der Waals surface area contributed by atoms with E-state index in [1.165, 1.54) is 24.6 Å². The van der Waals surface area contributed by atoms with Crippen LogP contribution in [0.3, 0.4) is 0 Å². The van der Waals surface area contributed by atoms with Gasteiger partial charge in [-0.1, -0.05) is 44.2 Å². The van der Waals surface area contributed by atoms with Crippen LogP contribution in [0.15, 0.2) is 42.5 Å². The second-order valence-electron chi connectivity index (χ2n) is 5.57. The van der Waals surface area contributed by atoms with E-state index in [4.69, 9.17) is 10.00 Å². The van der Waals surface area contributed by atoms with Crippen LogP contribution in [0.1, 0.15) is 37.8 Å². The number of hydrogen-bond acceptors (Lipinski definition) is 4. The van der Waals surface area contributed by atoms with Crippen LogP contribution in [-0.4, -0.2) is 24.5 Å². The summed E-state index contributed by atoms with van der Waals surface area (Å²) in [5.74, 6) is -0.869. The van der Waals surface area contributed by atoms with E-state index in [-0.39, 0.29) is 12.1 Å². The molecule has 126 valence electrons. The van der Waals surface area contributed by atoms with Gasteiger partial charge < -0.3 is 10.1 Å². The highest BCUT2D eigenvalue weighted by Gasteiger charge is 2.20. The number of rotatable bonds is 7. The first-order valence-corrected chi connectivity index (χ1v) is 7.70. The molecule has 0 radical (unpaired) electrons. The van der Waals surface area contributed by atoms with E-state index >= 15 is 0 Å². The zero-order valence-electron chi connectivity index (χ0n) is 14.2. The number of carbonyl (C=O) groups excluding carboxylic acids is 2. The normalized spacial score (nSPS) is 12.2. The number of nitrogens with zero attached hydrogens (tertiary/aromatic N) is 1. The van der Waals surface area contributed by atoms with Crippen LogP contribution in [0.25, 0.3) is 6.08 Å². The average molecular weight is 326 g/mol. The summed E-state index contributed by atoms with van der Waals surface area (Å²) in [6.07, 6.45) is 1.98. The fourth-order valence-corrected chi connectivity index (χ4v) is 1.87. The predicted molar refractivity (Wildman–Crippen MR) is 92.9 cm³/mol. The molecule has 0 saturated heterocycles. The van der Waals surface area contributed by atoms with Gasteiger partial charge in [0.05, 0.1) is 0 Å². The van der Waals surface area contributed by atoms with Crippen molar-refractivity contribution >= 4 is 18.0 Å². The summed E-state index contributed by atoms with van der Waals surface area (Å²) in [5, 5.41) is 11.7. The lowest BCUT2D eigenvalue weighted by molar-refractivity contribution is -0.150. The van der Waals surface area contributed by atoms with Crippen molar-refractivity contribution in [2.75, 3.05) is 6.54 Å². The topological polar surface area (TPSA) is 79.2 Å². The van der Waals surface area contributed by atoms with Crippen LogP contribution < -0.4 is 5.32 Å². The van der Waals surface area contributed by atoms with Gasteiger partial charge in [-0.25, -0.2) is 4.79 Å². The van der Waals surface area contributed by atoms with Crippen LogP contribution in [0.5, 0.6) is 0 Å². The molecular weight excluding hydrogens is 304 g/mol. The number of ether oxygens (including phenoxy) is 1. The van der Waals surface area contributed by atoms with Gasteiger partial charge in [-0.3, -0.25) is 4.79 Å². The van der Waals surface area contributed by atoms with Crippen molar-refractivity contribution < 1.29 is 14.3 Å². The molecule has 0 aliphatic rings. The minimum Gasteiger partial charge on any atom is -0.448 e. The Labute approximate surface area is 142 Å². The van der Waals surface area contributed by atoms with E-state index in [2.05, 4.69) is 25.7 Å². The highest BCUT2D eigenvalue weighted by molar-refractivity contribution is 5.99. The number of amides is 1. The fraction of sp³-hybridized carbons (Fsp3) is 0.316. The van der Waals surface area contributed by atoms with Crippen molar-refractivity contribution in [1.29, 1.82) is 5.26 Å². The van der Waals surface area contributed by atoms with Gasteiger partial charge >= 0.3 is 5.97 Å². The standard InChI is InChI=1S/C19H22N2O3/c1-5-10-21-18(22)14(4)24-19(23)17(12-20)11-15-6-8-16(9-7-15)13(2)3/h5-9,11,13-14H,1,10H2,2-4H3,(H,21,22)/b17-11+/t14-/m0/s1. The van der Waals surface area contributed by atoms with E-state index in [9.17, 15) is 9.59 Å². The van der Waals surface area contributed by atoms with Crippen molar-refractivity contribution in [3.8, 4) is 6.07 Å². The number of carbonyl (C=O) groups is 2. The average Bonchev–Trinajstić information content (AvgIpc) is 2.57. The number of esters is 1. The van der Waals surface area contributed by atoms with Gasteiger partial charge in [-0.15, -0.1) is 6.58 Å². The summed E-state index contributed by atoms with van der Waals surface area (Å²) in [6, 6.07) is 9.37. The largest absolute Gasteiger partial charge is 0.448 e. The lowest BCUT2D eigenvalue weighted by Crippen LogP contribution is -2.36.